The second kappa shape index (κ2) is 8.14. The molecule has 1 aromatic carbocycles. The maximum atomic E-state index is 9.98. The molecule has 17 heavy (non-hydrogen) atoms. The van der Waals surface area contributed by atoms with Gasteiger partial charge in [-0.1, -0.05) is 35.0 Å². The van der Waals surface area contributed by atoms with Crippen molar-refractivity contribution < 1.29 is 5.11 Å². The van der Waals surface area contributed by atoms with Gasteiger partial charge >= 0.3 is 0 Å². The Morgan fingerprint density at radius 1 is 1.47 bits per heavy atom. The molecule has 2 N–H and O–H groups in total. The fourth-order valence-corrected chi connectivity index (χ4v) is 2.26. The Balaban J connectivity index is 2.28. The van der Waals surface area contributed by atoms with Crippen molar-refractivity contribution >= 4 is 27.7 Å². The van der Waals surface area contributed by atoms with Crippen LogP contribution in [0.4, 0.5) is 0 Å². The minimum absolute atomic E-state index is 0.433. The molecular formula is C13H20BrNOS. The molecule has 2 unspecified atom stereocenters. The Kier molecular flexibility index (Phi) is 7.19. The number of nitrogens with one attached hydrogen (secondary N) is 1. The first-order chi connectivity index (χ1) is 8.13. The molecule has 1 aromatic rings. The van der Waals surface area contributed by atoms with Gasteiger partial charge < -0.3 is 10.4 Å². The third-order valence-corrected chi connectivity index (χ3v) is 4.23. The van der Waals surface area contributed by atoms with Gasteiger partial charge in [-0.05, 0) is 36.9 Å². The summed E-state index contributed by atoms with van der Waals surface area (Å²) in [7, 11) is 0. The van der Waals surface area contributed by atoms with Crippen LogP contribution in [0.2, 0.25) is 0 Å². The van der Waals surface area contributed by atoms with Crippen LogP contribution in [0.25, 0.3) is 0 Å². The summed E-state index contributed by atoms with van der Waals surface area (Å²) in [6, 6.07) is 7.81. The number of thioether (sulfide) groups is 1. The number of halogens is 1. The zero-order valence-corrected chi connectivity index (χ0v) is 12.7. The first kappa shape index (κ1) is 15.0. The monoisotopic (exact) mass is 317 g/mol. The van der Waals surface area contributed by atoms with Crippen molar-refractivity contribution in [2.75, 3.05) is 19.3 Å². The molecular weight excluding hydrogens is 298 g/mol. The third kappa shape index (κ3) is 5.91. The van der Waals surface area contributed by atoms with Crippen LogP contribution in [0.15, 0.2) is 28.7 Å². The molecule has 0 spiro atoms. The number of aliphatic hydroxyl groups excluding tert-OH is 1. The van der Waals surface area contributed by atoms with Crippen molar-refractivity contribution in [1.82, 2.24) is 5.32 Å². The van der Waals surface area contributed by atoms with Crippen LogP contribution < -0.4 is 5.32 Å². The van der Waals surface area contributed by atoms with E-state index in [0.717, 1.165) is 23.0 Å². The highest BCUT2D eigenvalue weighted by Gasteiger charge is 2.07. The molecule has 4 heteroatoms. The van der Waals surface area contributed by atoms with Crippen LogP contribution in [0.1, 0.15) is 25.0 Å². The second-order valence-corrected chi connectivity index (χ2v) is 6.30. The zero-order chi connectivity index (χ0) is 12.7. The number of hydrogen-bond donors (Lipinski definition) is 2. The van der Waals surface area contributed by atoms with Crippen LogP contribution in [-0.2, 0) is 0 Å². The second-order valence-electron chi connectivity index (χ2n) is 4.11. The molecule has 0 aliphatic carbocycles. The normalized spacial score (nSPS) is 14.6. The van der Waals surface area contributed by atoms with Gasteiger partial charge in [0.1, 0.15) is 0 Å². The molecule has 0 aliphatic heterocycles. The van der Waals surface area contributed by atoms with Crippen molar-refractivity contribution in [3.05, 3.63) is 34.3 Å². The van der Waals surface area contributed by atoms with Gasteiger partial charge in [-0.2, -0.15) is 11.8 Å². The van der Waals surface area contributed by atoms with E-state index < -0.39 is 6.10 Å². The summed E-state index contributed by atoms with van der Waals surface area (Å²) < 4.78 is 1.00. The van der Waals surface area contributed by atoms with Gasteiger partial charge in [-0.15, -0.1) is 0 Å². The number of hydrogen-bond acceptors (Lipinski definition) is 3. The van der Waals surface area contributed by atoms with Gasteiger partial charge in [0.2, 0.25) is 0 Å². The van der Waals surface area contributed by atoms with Gasteiger partial charge in [0.25, 0.3) is 0 Å². The van der Waals surface area contributed by atoms with E-state index in [1.165, 1.54) is 0 Å². The molecule has 2 atom stereocenters. The molecule has 2 nitrogen and oxygen atoms in total. The largest absolute Gasteiger partial charge is 0.387 e. The van der Waals surface area contributed by atoms with E-state index in [0.29, 0.717) is 11.8 Å². The maximum Gasteiger partial charge on any atom is 0.0914 e. The van der Waals surface area contributed by atoms with Crippen LogP contribution in [0, 0.1) is 0 Å². The fraction of sp³-hybridized carbons (Fsp3) is 0.538. The molecule has 0 heterocycles. The van der Waals surface area contributed by atoms with E-state index in [9.17, 15) is 5.11 Å². The average Bonchev–Trinajstić information content (AvgIpc) is 2.34. The number of benzene rings is 1. The van der Waals surface area contributed by atoms with E-state index >= 15 is 0 Å². The average molecular weight is 318 g/mol. The lowest BCUT2D eigenvalue weighted by molar-refractivity contribution is 0.175. The highest BCUT2D eigenvalue weighted by molar-refractivity contribution is 9.10. The summed E-state index contributed by atoms with van der Waals surface area (Å²) in [4.78, 5) is 0. The van der Waals surface area contributed by atoms with Gasteiger partial charge in [0.15, 0.2) is 0 Å². The Labute approximate surface area is 116 Å². The van der Waals surface area contributed by atoms with Crippen molar-refractivity contribution in [1.29, 1.82) is 0 Å². The third-order valence-electron chi connectivity index (χ3n) is 2.70. The molecule has 0 amide bonds. The lowest BCUT2D eigenvalue weighted by Crippen LogP contribution is -2.24. The highest BCUT2D eigenvalue weighted by atomic mass is 79.9. The van der Waals surface area contributed by atoms with Gasteiger partial charge in [0.05, 0.1) is 6.10 Å². The number of aliphatic hydroxyl groups is 1. The quantitative estimate of drug-likeness (QED) is 0.757. The van der Waals surface area contributed by atoms with Gasteiger partial charge in [0, 0.05) is 16.3 Å². The summed E-state index contributed by atoms with van der Waals surface area (Å²) in [5, 5.41) is 13.9. The van der Waals surface area contributed by atoms with Gasteiger partial charge in [-0.25, -0.2) is 0 Å². The van der Waals surface area contributed by atoms with Crippen molar-refractivity contribution in [2.24, 2.45) is 0 Å². The predicted molar refractivity (Wildman–Crippen MR) is 79.6 cm³/mol. The molecule has 0 aromatic heterocycles. The van der Waals surface area contributed by atoms with Crippen LogP contribution in [-0.4, -0.2) is 29.7 Å². The molecule has 0 saturated carbocycles. The lowest BCUT2D eigenvalue weighted by Gasteiger charge is -2.14. The van der Waals surface area contributed by atoms with E-state index in [1.807, 2.05) is 36.0 Å². The molecule has 0 bridgehead atoms. The maximum absolute atomic E-state index is 9.98. The number of rotatable bonds is 7. The predicted octanol–water partition coefficient (Wildman–Crippen LogP) is 3.21. The Morgan fingerprint density at radius 2 is 2.24 bits per heavy atom. The minimum Gasteiger partial charge on any atom is -0.387 e. The van der Waals surface area contributed by atoms with E-state index in [-0.39, 0.29) is 0 Å². The summed E-state index contributed by atoms with van der Waals surface area (Å²) in [6.07, 6.45) is 2.82. The topological polar surface area (TPSA) is 32.3 Å². The standard InChI is InChI=1S/C13H20BrNOS/c1-10(17-2)6-7-15-9-13(16)11-4-3-5-12(14)8-11/h3-5,8,10,13,15-16H,6-7,9H2,1-2H3. The zero-order valence-electron chi connectivity index (χ0n) is 10.3. The van der Waals surface area contributed by atoms with E-state index in [1.54, 1.807) is 0 Å². The summed E-state index contributed by atoms with van der Waals surface area (Å²) in [5.74, 6) is 0. The van der Waals surface area contributed by atoms with Crippen molar-refractivity contribution in [3.63, 3.8) is 0 Å². The van der Waals surface area contributed by atoms with Crippen molar-refractivity contribution in [2.45, 2.75) is 24.7 Å². The van der Waals surface area contributed by atoms with Crippen molar-refractivity contribution in [3.8, 4) is 0 Å². The first-order valence-electron chi connectivity index (χ1n) is 5.80. The smallest absolute Gasteiger partial charge is 0.0914 e. The summed E-state index contributed by atoms with van der Waals surface area (Å²) >= 11 is 5.28. The molecule has 0 aliphatic rings. The van der Waals surface area contributed by atoms with E-state index in [2.05, 4.69) is 34.4 Å². The molecule has 0 radical (unpaired) electrons. The molecule has 0 saturated heterocycles. The highest BCUT2D eigenvalue weighted by Crippen LogP contribution is 2.17. The molecule has 1 rings (SSSR count). The Bertz CT molecular complexity index is 335. The minimum atomic E-state index is -0.433. The van der Waals surface area contributed by atoms with Crippen LogP contribution in [0.3, 0.4) is 0 Å². The first-order valence-corrected chi connectivity index (χ1v) is 7.88. The fourth-order valence-electron chi connectivity index (χ4n) is 1.49. The lowest BCUT2D eigenvalue weighted by atomic mass is 10.1. The Hall–Kier alpha value is -0.0300. The Morgan fingerprint density at radius 3 is 2.88 bits per heavy atom. The summed E-state index contributed by atoms with van der Waals surface area (Å²) in [5.41, 5.74) is 0.949. The van der Waals surface area contributed by atoms with E-state index in [4.69, 9.17) is 0 Å². The molecule has 96 valence electrons. The van der Waals surface area contributed by atoms with Crippen LogP contribution in [0.5, 0.6) is 0 Å². The SMILES string of the molecule is CSC(C)CCNCC(O)c1cccc(Br)c1. The van der Waals surface area contributed by atoms with Gasteiger partial charge in [-0.3, -0.25) is 0 Å². The summed E-state index contributed by atoms with van der Waals surface area (Å²) in [6.45, 7) is 3.78. The molecule has 0 fully saturated rings. The van der Waals surface area contributed by atoms with Crippen LogP contribution >= 0.6 is 27.7 Å².